The first-order valence-corrected chi connectivity index (χ1v) is 5.36. The number of thiophene rings is 1. The maximum absolute atomic E-state index is 8.89. The van der Waals surface area contributed by atoms with Gasteiger partial charge in [-0.1, -0.05) is 11.6 Å². The van der Waals surface area contributed by atoms with Crippen LogP contribution in [0.1, 0.15) is 10.8 Å². The van der Waals surface area contributed by atoms with Crippen LogP contribution in [0.4, 0.5) is 0 Å². The minimum atomic E-state index is 0.106. The van der Waals surface area contributed by atoms with Crippen molar-refractivity contribution in [3.8, 4) is 6.07 Å². The molecule has 2 heterocycles. The van der Waals surface area contributed by atoms with Crippen molar-refractivity contribution in [3.05, 3.63) is 21.3 Å². The van der Waals surface area contributed by atoms with E-state index in [-0.39, 0.29) is 5.92 Å². The number of hydrogen-bond acceptors (Lipinski definition) is 3. The summed E-state index contributed by atoms with van der Waals surface area (Å²) in [6, 6.07) is 6.24. The SMILES string of the molecule is N#CC1CNCC1c1ccc(Cl)s1. The maximum atomic E-state index is 8.89. The summed E-state index contributed by atoms with van der Waals surface area (Å²) < 4.78 is 0.804. The second kappa shape index (κ2) is 3.67. The molecule has 0 bridgehead atoms. The van der Waals surface area contributed by atoms with Crippen molar-refractivity contribution in [2.75, 3.05) is 13.1 Å². The summed E-state index contributed by atoms with van der Waals surface area (Å²) in [7, 11) is 0. The van der Waals surface area contributed by atoms with Crippen LogP contribution in [-0.2, 0) is 0 Å². The zero-order chi connectivity index (χ0) is 9.26. The quantitative estimate of drug-likeness (QED) is 0.775. The molecule has 1 aliphatic heterocycles. The van der Waals surface area contributed by atoms with E-state index < -0.39 is 0 Å². The molecule has 68 valence electrons. The van der Waals surface area contributed by atoms with E-state index in [0.29, 0.717) is 5.92 Å². The van der Waals surface area contributed by atoms with Gasteiger partial charge in [0.2, 0.25) is 0 Å². The molecular formula is C9H9ClN2S. The van der Waals surface area contributed by atoms with Gasteiger partial charge in [-0.15, -0.1) is 11.3 Å². The Morgan fingerprint density at radius 1 is 1.54 bits per heavy atom. The van der Waals surface area contributed by atoms with Crippen molar-refractivity contribution in [2.45, 2.75) is 5.92 Å². The number of nitrogens with zero attached hydrogens (tertiary/aromatic N) is 1. The third kappa shape index (κ3) is 1.71. The normalized spacial score (nSPS) is 27.4. The molecule has 1 N–H and O–H groups in total. The van der Waals surface area contributed by atoms with Crippen LogP contribution in [0.5, 0.6) is 0 Å². The lowest BCUT2D eigenvalue weighted by molar-refractivity contribution is 0.657. The van der Waals surface area contributed by atoms with Crippen molar-refractivity contribution in [1.29, 1.82) is 5.26 Å². The van der Waals surface area contributed by atoms with Crippen LogP contribution < -0.4 is 5.32 Å². The zero-order valence-electron chi connectivity index (χ0n) is 6.96. The van der Waals surface area contributed by atoms with Gasteiger partial charge in [-0.05, 0) is 12.1 Å². The zero-order valence-corrected chi connectivity index (χ0v) is 8.53. The summed E-state index contributed by atoms with van der Waals surface area (Å²) in [5, 5.41) is 12.1. The van der Waals surface area contributed by atoms with Gasteiger partial charge < -0.3 is 5.32 Å². The molecule has 2 unspecified atom stereocenters. The van der Waals surface area contributed by atoms with Crippen molar-refractivity contribution in [3.63, 3.8) is 0 Å². The van der Waals surface area contributed by atoms with Gasteiger partial charge in [-0.25, -0.2) is 0 Å². The molecule has 1 fully saturated rings. The van der Waals surface area contributed by atoms with E-state index in [1.165, 1.54) is 4.88 Å². The molecule has 2 nitrogen and oxygen atoms in total. The topological polar surface area (TPSA) is 35.8 Å². The van der Waals surface area contributed by atoms with E-state index in [9.17, 15) is 0 Å². The van der Waals surface area contributed by atoms with Gasteiger partial charge in [-0.3, -0.25) is 0 Å². The number of nitrogens with one attached hydrogen (secondary N) is 1. The molecule has 0 radical (unpaired) electrons. The Morgan fingerprint density at radius 2 is 2.38 bits per heavy atom. The summed E-state index contributed by atoms with van der Waals surface area (Å²) >= 11 is 7.42. The molecule has 1 aliphatic rings. The lowest BCUT2D eigenvalue weighted by Crippen LogP contribution is -2.07. The molecule has 1 aromatic heterocycles. The Labute approximate surface area is 86.1 Å². The molecule has 2 atom stereocenters. The first-order valence-electron chi connectivity index (χ1n) is 4.17. The summed E-state index contributed by atoms with van der Waals surface area (Å²) in [6.45, 7) is 1.70. The monoisotopic (exact) mass is 212 g/mol. The van der Waals surface area contributed by atoms with E-state index in [0.717, 1.165) is 17.4 Å². The number of halogens is 1. The second-order valence-corrected chi connectivity index (χ2v) is 4.89. The van der Waals surface area contributed by atoms with Crippen LogP contribution in [0, 0.1) is 17.2 Å². The highest BCUT2D eigenvalue weighted by atomic mass is 35.5. The minimum absolute atomic E-state index is 0.106. The van der Waals surface area contributed by atoms with Gasteiger partial charge in [0.05, 0.1) is 16.3 Å². The Bertz CT molecular complexity index is 342. The van der Waals surface area contributed by atoms with Gasteiger partial charge in [0.1, 0.15) is 0 Å². The molecule has 1 aromatic rings. The number of hydrogen-bond donors (Lipinski definition) is 1. The van der Waals surface area contributed by atoms with E-state index >= 15 is 0 Å². The molecular weight excluding hydrogens is 204 g/mol. The molecule has 2 rings (SSSR count). The van der Waals surface area contributed by atoms with Crippen molar-refractivity contribution < 1.29 is 0 Å². The number of nitriles is 1. The highest BCUT2D eigenvalue weighted by molar-refractivity contribution is 7.16. The fraction of sp³-hybridized carbons (Fsp3) is 0.444. The van der Waals surface area contributed by atoms with Gasteiger partial charge >= 0.3 is 0 Å². The summed E-state index contributed by atoms with van der Waals surface area (Å²) in [6.07, 6.45) is 0. The predicted molar refractivity (Wildman–Crippen MR) is 54.0 cm³/mol. The van der Waals surface area contributed by atoms with E-state index in [1.807, 2.05) is 12.1 Å². The van der Waals surface area contributed by atoms with Crippen LogP contribution in [0.3, 0.4) is 0 Å². The standard InChI is InChI=1S/C9H9ClN2S/c10-9-2-1-8(13-9)7-5-12-4-6(7)3-11/h1-2,6-7,12H,4-5H2. The minimum Gasteiger partial charge on any atom is -0.315 e. The summed E-state index contributed by atoms with van der Waals surface area (Å²) in [5.74, 6) is 0.442. The van der Waals surface area contributed by atoms with Crippen LogP contribution in [0.15, 0.2) is 12.1 Å². The smallest absolute Gasteiger partial charge is 0.0931 e. The molecule has 0 amide bonds. The third-order valence-corrected chi connectivity index (χ3v) is 3.70. The second-order valence-electron chi connectivity index (χ2n) is 3.14. The lowest BCUT2D eigenvalue weighted by atomic mass is 9.96. The summed E-state index contributed by atoms with van der Waals surface area (Å²) in [4.78, 5) is 1.22. The maximum Gasteiger partial charge on any atom is 0.0931 e. The molecule has 1 saturated heterocycles. The van der Waals surface area contributed by atoms with Gasteiger partial charge in [0.15, 0.2) is 0 Å². The van der Waals surface area contributed by atoms with Gasteiger partial charge in [-0.2, -0.15) is 5.26 Å². The Hall–Kier alpha value is -0.560. The average molecular weight is 213 g/mol. The van der Waals surface area contributed by atoms with Crippen LogP contribution >= 0.6 is 22.9 Å². The highest BCUT2D eigenvalue weighted by Crippen LogP contribution is 2.34. The first kappa shape index (κ1) is 9.01. The fourth-order valence-electron chi connectivity index (χ4n) is 1.64. The molecule has 0 saturated carbocycles. The van der Waals surface area contributed by atoms with Crippen LogP contribution in [0.2, 0.25) is 4.34 Å². The first-order chi connectivity index (χ1) is 6.31. The Kier molecular flexibility index (Phi) is 2.54. The summed E-state index contributed by atoms with van der Waals surface area (Å²) in [5.41, 5.74) is 0. The molecule has 13 heavy (non-hydrogen) atoms. The van der Waals surface area contributed by atoms with E-state index in [2.05, 4.69) is 11.4 Å². The highest BCUT2D eigenvalue weighted by Gasteiger charge is 2.29. The van der Waals surface area contributed by atoms with Crippen molar-refractivity contribution in [1.82, 2.24) is 5.32 Å². The average Bonchev–Trinajstić information content (AvgIpc) is 2.71. The largest absolute Gasteiger partial charge is 0.315 e. The fourth-order valence-corrected chi connectivity index (χ4v) is 2.87. The van der Waals surface area contributed by atoms with Crippen LogP contribution in [0.25, 0.3) is 0 Å². The Balaban J connectivity index is 2.21. The molecule has 0 aliphatic carbocycles. The van der Waals surface area contributed by atoms with E-state index in [4.69, 9.17) is 16.9 Å². The predicted octanol–water partition coefficient (Wildman–Crippen LogP) is 2.23. The van der Waals surface area contributed by atoms with Gasteiger partial charge in [0, 0.05) is 23.9 Å². The van der Waals surface area contributed by atoms with E-state index in [1.54, 1.807) is 11.3 Å². The third-order valence-electron chi connectivity index (χ3n) is 2.34. The molecule has 0 spiro atoms. The Morgan fingerprint density at radius 3 is 3.00 bits per heavy atom. The van der Waals surface area contributed by atoms with Crippen LogP contribution in [-0.4, -0.2) is 13.1 Å². The molecule has 0 aromatic carbocycles. The number of rotatable bonds is 1. The van der Waals surface area contributed by atoms with Crippen molar-refractivity contribution >= 4 is 22.9 Å². The lowest BCUT2D eigenvalue weighted by Gasteiger charge is -2.08. The van der Waals surface area contributed by atoms with Gasteiger partial charge in [0.25, 0.3) is 0 Å². The van der Waals surface area contributed by atoms with Crippen molar-refractivity contribution in [2.24, 2.45) is 5.92 Å². The molecule has 4 heteroatoms.